The van der Waals surface area contributed by atoms with Crippen LogP contribution in [-0.2, 0) is 9.53 Å². The lowest BCUT2D eigenvalue weighted by Gasteiger charge is -2.21. The van der Waals surface area contributed by atoms with Crippen molar-refractivity contribution in [3.05, 3.63) is 59.7 Å². The molecule has 2 rings (SSSR count). The molecular formula is C17H16F3NO3. The second-order valence-corrected chi connectivity index (χ2v) is 4.93. The summed E-state index contributed by atoms with van der Waals surface area (Å²) in [7, 11) is 2.83. The summed E-state index contributed by atoms with van der Waals surface area (Å²) in [4.78, 5) is 11.3. The molecule has 2 aromatic carbocycles. The van der Waals surface area contributed by atoms with E-state index < -0.39 is 18.2 Å². The highest BCUT2D eigenvalue weighted by molar-refractivity contribution is 5.95. The van der Waals surface area contributed by atoms with Gasteiger partial charge in [-0.3, -0.25) is 4.79 Å². The Balaban J connectivity index is 2.46. The topological polar surface area (TPSA) is 47.6 Å². The van der Waals surface area contributed by atoms with Crippen LogP contribution in [-0.4, -0.2) is 26.3 Å². The number of methoxy groups -OCH3 is 2. The van der Waals surface area contributed by atoms with Gasteiger partial charge in [-0.25, -0.2) is 0 Å². The first-order valence-electron chi connectivity index (χ1n) is 7.00. The zero-order valence-corrected chi connectivity index (χ0v) is 13.1. The first-order chi connectivity index (χ1) is 11.4. The van der Waals surface area contributed by atoms with E-state index in [1.165, 1.54) is 20.3 Å². The van der Waals surface area contributed by atoms with Crippen molar-refractivity contribution in [2.24, 2.45) is 0 Å². The van der Waals surface area contributed by atoms with E-state index in [0.29, 0.717) is 11.3 Å². The molecule has 1 atom stereocenters. The molecule has 4 nitrogen and oxygen atoms in total. The number of alkyl halides is 3. The third kappa shape index (κ3) is 4.05. The minimum absolute atomic E-state index is 0.0209. The molecule has 1 N–H and O–H groups in total. The second kappa shape index (κ2) is 7.35. The molecule has 0 aliphatic heterocycles. The van der Waals surface area contributed by atoms with Crippen molar-refractivity contribution in [2.75, 3.05) is 19.5 Å². The van der Waals surface area contributed by atoms with E-state index >= 15 is 0 Å². The average molecular weight is 339 g/mol. The minimum atomic E-state index is -4.99. The number of hydrogen-bond donors (Lipinski definition) is 1. The lowest BCUT2D eigenvalue weighted by atomic mass is 9.99. The molecule has 128 valence electrons. The monoisotopic (exact) mass is 339 g/mol. The first kappa shape index (κ1) is 17.8. The Morgan fingerprint density at radius 2 is 1.75 bits per heavy atom. The van der Waals surface area contributed by atoms with E-state index in [2.05, 4.69) is 0 Å². The van der Waals surface area contributed by atoms with Crippen LogP contribution in [0.3, 0.4) is 0 Å². The number of halogens is 3. The van der Waals surface area contributed by atoms with Crippen LogP contribution in [0.4, 0.5) is 18.9 Å². The van der Waals surface area contributed by atoms with Gasteiger partial charge in [0.15, 0.2) is 0 Å². The molecule has 2 aromatic rings. The summed E-state index contributed by atoms with van der Waals surface area (Å²) < 4.78 is 48.2. The predicted octanol–water partition coefficient (Wildman–Crippen LogP) is 3.93. The van der Waals surface area contributed by atoms with Gasteiger partial charge in [-0.05, 0) is 11.6 Å². The Labute approximate surface area is 137 Å². The maximum absolute atomic E-state index is 12.6. The van der Waals surface area contributed by atoms with Crippen LogP contribution in [0.2, 0.25) is 0 Å². The number of amides is 1. The minimum Gasteiger partial charge on any atom is -0.497 e. The van der Waals surface area contributed by atoms with E-state index in [9.17, 15) is 18.0 Å². The molecule has 0 aliphatic rings. The molecule has 0 saturated heterocycles. The van der Waals surface area contributed by atoms with Crippen LogP contribution in [0.15, 0.2) is 48.5 Å². The average Bonchev–Trinajstić information content (AvgIpc) is 2.56. The molecular weight excluding hydrogens is 323 g/mol. The Morgan fingerprint density at radius 1 is 1.08 bits per heavy atom. The van der Waals surface area contributed by atoms with E-state index in [4.69, 9.17) is 9.47 Å². The summed E-state index contributed by atoms with van der Waals surface area (Å²) in [6.07, 6.45) is -5.63. The largest absolute Gasteiger partial charge is 0.497 e. The van der Waals surface area contributed by atoms with Crippen molar-refractivity contribution in [1.29, 1.82) is 0 Å². The van der Waals surface area contributed by atoms with E-state index in [1.807, 2.05) is 11.4 Å². The number of carbonyl (C=O) groups excluding carboxylic acids is 1. The highest BCUT2D eigenvalue weighted by Gasteiger charge is 2.39. The summed E-state index contributed by atoms with van der Waals surface area (Å²) in [5, 5.41) is 1.89. The van der Waals surface area contributed by atoms with Gasteiger partial charge < -0.3 is 14.8 Å². The van der Waals surface area contributed by atoms with Gasteiger partial charge in [0, 0.05) is 18.7 Å². The highest BCUT2D eigenvalue weighted by atomic mass is 19.4. The van der Waals surface area contributed by atoms with Gasteiger partial charge in [0.1, 0.15) is 11.9 Å². The Kier molecular flexibility index (Phi) is 5.46. The summed E-state index contributed by atoms with van der Waals surface area (Å²) in [5.41, 5.74) is 1.11. The van der Waals surface area contributed by atoms with Crippen molar-refractivity contribution < 1.29 is 27.4 Å². The normalized spacial score (nSPS) is 12.5. The first-order valence-corrected chi connectivity index (χ1v) is 7.00. The molecule has 0 aromatic heterocycles. The molecule has 0 radical (unpaired) electrons. The molecule has 1 amide bonds. The van der Waals surface area contributed by atoms with Crippen LogP contribution < -0.4 is 10.1 Å². The van der Waals surface area contributed by atoms with Crippen LogP contribution in [0.25, 0.3) is 0 Å². The maximum Gasteiger partial charge on any atom is 0.471 e. The van der Waals surface area contributed by atoms with Crippen molar-refractivity contribution in [3.8, 4) is 5.75 Å². The maximum atomic E-state index is 12.6. The van der Waals surface area contributed by atoms with Gasteiger partial charge in [0.25, 0.3) is 0 Å². The molecule has 0 bridgehead atoms. The SMILES string of the molecule is COc1ccc(C(OC)c2ccccc2)c(NC(=O)C(F)(F)F)c1. The highest BCUT2D eigenvalue weighted by Crippen LogP contribution is 2.34. The summed E-state index contributed by atoms with van der Waals surface area (Å²) in [6.45, 7) is 0. The van der Waals surface area contributed by atoms with E-state index in [1.54, 1.807) is 36.4 Å². The fourth-order valence-corrected chi connectivity index (χ4v) is 2.26. The Morgan fingerprint density at radius 3 is 2.29 bits per heavy atom. The Hall–Kier alpha value is -2.54. The molecule has 1 unspecified atom stereocenters. The number of anilines is 1. The zero-order chi connectivity index (χ0) is 17.7. The lowest BCUT2D eigenvalue weighted by Crippen LogP contribution is -2.30. The molecule has 7 heteroatoms. The fourth-order valence-electron chi connectivity index (χ4n) is 2.26. The van der Waals surface area contributed by atoms with E-state index in [0.717, 1.165) is 5.56 Å². The third-order valence-corrected chi connectivity index (χ3v) is 3.39. The van der Waals surface area contributed by atoms with Gasteiger partial charge in [-0.1, -0.05) is 36.4 Å². The van der Waals surface area contributed by atoms with E-state index in [-0.39, 0.29) is 5.69 Å². The van der Waals surface area contributed by atoms with Crippen LogP contribution in [0, 0.1) is 0 Å². The van der Waals surface area contributed by atoms with Crippen molar-refractivity contribution >= 4 is 11.6 Å². The van der Waals surface area contributed by atoms with Gasteiger partial charge in [0.05, 0.1) is 12.8 Å². The quantitative estimate of drug-likeness (QED) is 0.898. The standard InChI is InChI=1S/C17H16F3NO3/c1-23-12-8-9-13(14(10-12)21-16(22)17(18,19)20)15(24-2)11-6-4-3-5-7-11/h3-10,15H,1-2H3,(H,21,22). The van der Waals surface area contributed by atoms with Gasteiger partial charge in [-0.15, -0.1) is 0 Å². The molecule has 0 heterocycles. The smallest absolute Gasteiger partial charge is 0.471 e. The number of ether oxygens (including phenoxy) is 2. The van der Waals surface area contributed by atoms with Gasteiger partial charge >= 0.3 is 12.1 Å². The van der Waals surface area contributed by atoms with Crippen molar-refractivity contribution in [3.63, 3.8) is 0 Å². The zero-order valence-electron chi connectivity index (χ0n) is 13.1. The fraction of sp³-hybridized carbons (Fsp3) is 0.235. The number of rotatable bonds is 5. The number of nitrogens with one attached hydrogen (secondary N) is 1. The van der Waals surface area contributed by atoms with Gasteiger partial charge in [-0.2, -0.15) is 13.2 Å². The summed E-state index contributed by atoms with van der Waals surface area (Å²) >= 11 is 0. The second-order valence-electron chi connectivity index (χ2n) is 4.93. The molecule has 0 aliphatic carbocycles. The Bertz CT molecular complexity index is 702. The lowest BCUT2D eigenvalue weighted by molar-refractivity contribution is -0.167. The van der Waals surface area contributed by atoms with Crippen LogP contribution in [0.1, 0.15) is 17.2 Å². The summed E-state index contributed by atoms with van der Waals surface area (Å²) in [5.74, 6) is -1.74. The van der Waals surface area contributed by atoms with Crippen LogP contribution >= 0.6 is 0 Å². The number of benzene rings is 2. The number of hydrogen-bond acceptors (Lipinski definition) is 3. The molecule has 0 spiro atoms. The summed E-state index contributed by atoms with van der Waals surface area (Å²) in [6, 6.07) is 13.4. The molecule has 24 heavy (non-hydrogen) atoms. The third-order valence-electron chi connectivity index (χ3n) is 3.39. The van der Waals surface area contributed by atoms with Crippen LogP contribution in [0.5, 0.6) is 5.75 Å². The molecule has 0 saturated carbocycles. The van der Waals surface area contributed by atoms with Gasteiger partial charge in [0.2, 0.25) is 0 Å². The predicted molar refractivity (Wildman–Crippen MR) is 83.0 cm³/mol. The number of carbonyl (C=O) groups is 1. The molecule has 0 fully saturated rings. The van der Waals surface area contributed by atoms with Crippen molar-refractivity contribution in [2.45, 2.75) is 12.3 Å². The van der Waals surface area contributed by atoms with Crippen molar-refractivity contribution in [1.82, 2.24) is 0 Å².